The summed E-state index contributed by atoms with van der Waals surface area (Å²) in [6.45, 7) is 3.57. The van der Waals surface area contributed by atoms with Gasteiger partial charge in [0.2, 0.25) is 0 Å². The highest BCUT2D eigenvalue weighted by Crippen LogP contribution is 2.06. The predicted molar refractivity (Wildman–Crippen MR) is 55.0 cm³/mol. The Morgan fingerprint density at radius 1 is 1.36 bits per heavy atom. The fourth-order valence-corrected chi connectivity index (χ4v) is 0.890. The summed E-state index contributed by atoms with van der Waals surface area (Å²) in [5.41, 5.74) is 7.51. The third-order valence-electron chi connectivity index (χ3n) is 1.86. The van der Waals surface area contributed by atoms with Crippen LogP contribution in [0.15, 0.2) is 24.3 Å². The van der Waals surface area contributed by atoms with E-state index < -0.39 is 12.0 Å². The lowest BCUT2D eigenvalue weighted by molar-refractivity contribution is -0.138. The second-order valence-corrected chi connectivity index (χ2v) is 3.20. The molecule has 4 nitrogen and oxygen atoms in total. The normalized spacial score (nSPS) is 12.1. The lowest BCUT2D eigenvalue weighted by Crippen LogP contribution is -2.37. The number of benzene rings is 1. The molecule has 1 aromatic carbocycles. The molecule has 1 unspecified atom stereocenters. The number of hydrogen-bond acceptors (Lipinski definition) is 3. The number of nitrogens with one attached hydrogen (secondary N) is 2. The van der Waals surface area contributed by atoms with Crippen LogP contribution in [0.3, 0.4) is 0 Å². The average molecular weight is 194 g/mol. The highest BCUT2D eigenvalue weighted by Gasteiger charge is 2.08. The second kappa shape index (κ2) is 4.62. The zero-order valence-corrected chi connectivity index (χ0v) is 8.24. The number of anilines is 1. The number of rotatable bonds is 4. The van der Waals surface area contributed by atoms with E-state index in [0.29, 0.717) is 0 Å². The summed E-state index contributed by atoms with van der Waals surface area (Å²) in [6.07, 6.45) is 0. The Balaban J connectivity index is 2.46. The third kappa shape index (κ3) is 3.06. The van der Waals surface area contributed by atoms with Crippen molar-refractivity contribution in [3.05, 3.63) is 29.8 Å². The van der Waals surface area contributed by atoms with Crippen LogP contribution in [0.1, 0.15) is 12.5 Å². The summed E-state index contributed by atoms with van der Waals surface area (Å²) < 4.78 is 0. The van der Waals surface area contributed by atoms with Gasteiger partial charge in [-0.15, -0.1) is 0 Å². The smallest absolute Gasteiger partial charge is 0.322 e. The quantitative estimate of drug-likeness (QED) is 0.634. The Labute approximate surface area is 82.9 Å². The fourth-order valence-electron chi connectivity index (χ4n) is 0.890. The van der Waals surface area contributed by atoms with Gasteiger partial charge in [-0.25, -0.2) is 5.43 Å². The molecule has 76 valence electrons. The minimum absolute atomic E-state index is 0.615. The first-order valence-electron chi connectivity index (χ1n) is 4.40. The molecule has 0 aliphatic carbocycles. The van der Waals surface area contributed by atoms with Gasteiger partial charge in [0, 0.05) is 5.69 Å². The molecule has 3 N–H and O–H groups in total. The van der Waals surface area contributed by atoms with E-state index >= 15 is 0 Å². The maximum absolute atomic E-state index is 10.5. The van der Waals surface area contributed by atoms with Crippen molar-refractivity contribution in [2.24, 2.45) is 0 Å². The van der Waals surface area contributed by atoms with Gasteiger partial charge in [-0.2, -0.15) is 0 Å². The first-order valence-corrected chi connectivity index (χ1v) is 4.40. The average Bonchev–Trinajstić information content (AvgIpc) is 2.16. The fraction of sp³-hybridized carbons (Fsp3) is 0.300. The summed E-state index contributed by atoms with van der Waals surface area (Å²) in [5.74, 6) is -0.885. The van der Waals surface area contributed by atoms with Crippen molar-refractivity contribution in [2.45, 2.75) is 19.9 Å². The number of carboxylic acid groups (broad SMARTS) is 1. The number of aryl methyl sites for hydroxylation is 1. The molecule has 0 heterocycles. The molecule has 0 spiro atoms. The predicted octanol–water partition coefficient (Wildman–Crippen LogP) is 1.38. The maximum Gasteiger partial charge on any atom is 0.322 e. The van der Waals surface area contributed by atoms with Crippen molar-refractivity contribution in [1.82, 2.24) is 5.43 Å². The van der Waals surface area contributed by atoms with Gasteiger partial charge in [-0.3, -0.25) is 4.79 Å². The van der Waals surface area contributed by atoms with E-state index in [0.717, 1.165) is 5.69 Å². The molecule has 0 aliphatic heterocycles. The van der Waals surface area contributed by atoms with Crippen molar-refractivity contribution in [3.63, 3.8) is 0 Å². The van der Waals surface area contributed by atoms with Crippen LogP contribution in [0.25, 0.3) is 0 Å². The molecule has 0 radical (unpaired) electrons. The molecular formula is C10H14N2O2. The number of hydrogen-bond donors (Lipinski definition) is 3. The Hall–Kier alpha value is -1.55. The monoisotopic (exact) mass is 194 g/mol. The number of carboxylic acids is 1. The Morgan fingerprint density at radius 3 is 2.43 bits per heavy atom. The van der Waals surface area contributed by atoms with Crippen LogP contribution >= 0.6 is 0 Å². The van der Waals surface area contributed by atoms with Crippen molar-refractivity contribution in [2.75, 3.05) is 5.43 Å². The van der Waals surface area contributed by atoms with Crippen LogP contribution in [-0.4, -0.2) is 17.1 Å². The van der Waals surface area contributed by atoms with Crippen molar-refractivity contribution < 1.29 is 9.90 Å². The molecule has 0 fully saturated rings. The molecule has 4 heteroatoms. The van der Waals surface area contributed by atoms with E-state index in [1.807, 2.05) is 31.2 Å². The summed E-state index contributed by atoms with van der Waals surface area (Å²) in [5, 5.41) is 8.60. The second-order valence-electron chi connectivity index (χ2n) is 3.20. The van der Waals surface area contributed by atoms with E-state index in [1.165, 1.54) is 5.56 Å². The molecule has 0 amide bonds. The zero-order valence-electron chi connectivity index (χ0n) is 8.24. The van der Waals surface area contributed by atoms with E-state index in [9.17, 15) is 4.79 Å². The Kier molecular flexibility index (Phi) is 3.48. The topological polar surface area (TPSA) is 61.4 Å². The number of hydrazine groups is 1. The molecular weight excluding hydrogens is 180 g/mol. The van der Waals surface area contributed by atoms with Gasteiger partial charge in [0.1, 0.15) is 6.04 Å². The molecule has 1 atom stereocenters. The van der Waals surface area contributed by atoms with Gasteiger partial charge in [-0.1, -0.05) is 17.7 Å². The summed E-state index contributed by atoms with van der Waals surface area (Å²) in [6, 6.07) is 7.06. The molecule has 0 saturated heterocycles. The van der Waals surface area contributed by atoms with Gasteiger partial charge >= 0.3 is 5.97 Å². The van der Waals surface area contributed by atoms with Crippen LogP contribution in [0, 0.1) is 6.92 Å². The van der Waals surface area contributed by atoms with Gasteiger partial charge in [0.05, 0.1) is 0 Å². The lowest BCUT2D eigenvalue weighted by atomic mass is 10.2. The Bertz CT molecular complexity index is 308. The first-order chi connectivity index (χ1) is 6.59. The number of aliphatic carboxylic acids is 1. The highest BCUT2D eigenvalue weighted by molar-refractivity contribution is 5.73. The van der Waals surface area contributed by atoms with Gasteiger partial charge in [0.25, 0.3) is 0 Å². The van der Waals surface area contributed by atoms with Crippen molar-refractivity contribution in [3.8, 4) is 0 Å². The Morgan fingerprint density at radius 2 is 1.93 bits per heavy atom. The third-order valence-corrected chi connectivity index (χ3v) is 1.86. The lowest BCUT2D eigenvalue weighted by Gasteiger charge is -2.11. The molecule has 0 aliphatic rings. The maximum atomic E-state index is 10.5. The highest BCUT2D eigenvalue weighted by atomic mass is 16.4. The number of carbonyl (C=O) groups is 1. The van der Waals surface area contributed by atoms with Crippen molar-refractivity contribution >= 4 is 11.7 Å². The molecule has 1 rings (SSSR count). The van der Waals surface area contributed by atoms with Crippen LogP contribution < -0.4 is 10.9 Å². The zero-order chi connectivity index (χ0) is 10.6. The van der Waals surface area contributed by atoms with Gasteiger partial charge in [-0.05, 0) is 26.0 Å². The summed E-state index contributed by atoms with van der Waals surface area (Å²) in [7, 11) is 0. The molecule has 14 heavy (non-hydrogen) atoms. The molecule has 0 aromatic heterocycles. The van der Waals surface area contributed by atoms with E-state index in [1.54, 1.807) is 6.92 Å². The van der Waals surface area contributed by atoms with Gasteiger partial charge < -0.3 is 10.5 Å². The van der Waals surface area contributed by atoms with Crippen LogP contribution in [-0.2, 0) is 4.79 Å². The SMILES string of the molecule is Cc1ccc(NNC(C)C(=O)O)cc1. The first kappa shape index (κ1) is 10.5. The van der Waals surface area contributed by atoms with Crippen LogP contribution in [0.5, 0.6) is 0 Å². The standard InChI is InChI=1S/C10H14N2O2/c1-7-3-5-9(6-4-7)12-11-8(2)10(13)14/h3-6,8,11-12H,1-2H3,(H,13,14). The summed E-state index contributed by atoms with van der Waals surface area (Å²) >= 11 is 0. The van der Waals surface area contributed by atoms with Gasteiger partial charge in [0.15, 0.2) is 0 Å². The van der Waals surface area contributed by atoms with E-state index in [2.05, 4.69) is 10.9 Å². The summed E-state index contributed by atoms with van der Waals surface area (Å²) in [4.78, 5) is 10.5. The van der Waals surface area contributed by atoms with Crippen LogP contribution in [0.2, 0.25) is 0 Å². The van der Waals surface area contributed by atoms with E-state index in [4.69, 9.17) is 5.11 Å². The molecule has 0 saturated carbocycles. The molecule has 0 bridgehead atoms. The largest absolute Gasteiger partial charge is 0.480 e. The van der Waals surface area contributed by atoms with E-state index in [-0.39, 0.29) is 0 Å². The minimum atomic E-state index is -0.885. The van der Waals surface area contributed by atoms with Crippen LogP contribution in [0.4, 0.5) is 5.69 Å². The molecule has 1 aromatic rings. The minimum Gasteiger partial charge on any atom is -0.480 e. The van der Waals surface area contributed by atoms with Crippen molar-refractivity contribution in [1.29, 1.82) is 0 Å².